The van der Waals surface area contributed by atoms with Crippen LogP contribution >= 0.6 is 0 Å². The summed E-state index contributed by atoms with van der Waals surface area (Å²) in [4.78, 5) is 32.5. The number of ether oxygens (including phenoxy) is 2. The zero-order chi connectivity index (χ0) is 22.2. The number of piperazine rings is 1. The van der Waals surface area contributed by atoms with Crippen LogP contribution in [-0.4, -0.2) is 85.6 Å². The lowest BCUT2D eigenvalue weighted by atomic mass is 10.0. The predicted molar refractivity (Wildman–Crippen MR) is 121 cm³/mol. The van der Waals surface area contributed by atoms with Crippen molar-refractivity contribution in [2.24, 2.45) is 0 Å². The highest BCUT2D eigenvalue weighted by molar-refractivity contribution is 6.35. The van der Waals surface area contributed by atoms with Gasteiger partial charge in [0.2, 0.25) is 0 Å². The van der Waals surface area contributed by atoms with Crippen LogP contribution in [0.1, 0.15) is 39.2 Å². The molecule has 3 rings (SSSR count). The van der Waals surface area contributed by atoms with Crippen molar-refractivity contribution in [3.63, 3.8) is 0 Å². The molecule has 7 heteroatoms. The monoisotopic (exact) mass is 429 g/mol. The quantitative estimate of drug-likeness (QED) is 0.398. The number of carbonyl (C=O) groups excluding carboxylic acids is 2. The summed E-state index contributed by atoms with van der Waals surface area (Å²) < 4.78 is 11.1. The Morgan fingerprint density at radius 2 is 1.61 bits per heavy atom. The Labute approximate surface area is 185 Å². The zero-order valence-electron chi connectivity index (χ0n) is 19.1. The Bertz CT molecular complexity index is 783. The van der Waals surface area contributed by atoms with E-state index in [9.17, 15) is 9.59 Å². The van der Waals surface area contributed by atoms with Crippen molar-refractivity contribution in [1.82, 2.24) is 14.7 Å². The Hall–Kier alpha value is -2.38. The van der Waals surface area contributed by atoms with Crippen LogP contribution in [0.4, 0.5) is 0 Å². The first kappa shape index (κ1) is 23.3. The van der Waals surface area contributed by atoms with Gasteiger partial charge in [0.05, 0.1) is 12.2 Å². The molecular formula is C24H35N3O4. The molecular weight excluding hydrogens is 394 g/mol. The van der Waals surface area contributed by atoms with Crippen LogP contribution in [0.5, 0.6) is 5.75 Å². The molecule has 1 saturated heterocycles. The van der Waals surface area contributed by atoms with Gasteiger partial charge in [-0.25, -0.2) is 0 Å². The van der Waals surface area contributed by atoms with E-state index in [-0.39, 0.29) is 11.8 Å². The third-order valence-corrected chi connectivity index (χ3v) is 5.77. The molecule has 2 aliphatic heterocycles. The van der Waals surface area contributed by atoms with Gasteiger partial charge in [-0.3, -0.25) is 14.5 Å². The largest absolute Gasteiger partial charge is 0.494 e. The van der Waals surface area contributed by atoms with E-state index < -0.39 is 0 Å². The fourth-order valence-electron chi connectivity index (χ4n) is 4.01. The number of nitrogens with zero attached hydrogens (tertiary/aromatic N) is 3. The molecule has 2 aliphatic rings. The molecule has 0 atom stereocenters. The molecule has 1 fully saturated rings. The Morgan fingerprint density at radius 3 is 2.23 bits per heavy atom. The van der Waals surface area contributed by atoms with Gasteiger partial charge in [-0.05, 0) is 44.0 Å². The summed E-state index contributed by atoms with van der Waals surface area (Å²) in [6.45, 7) is 12.6. The van der Waals surface area contributed by atoms with E-state index in [0.717, 1.165) is 50.5 Å². The molecule has 0 radical (unpaired) electrons. The van der Waals surface area contributed by atoms with Crippen molar-refractivity contribution in [2.75, 3.05) is 59.1 Å². The van der Waals surface area contributed by atoms with Gasteiger partial charge < -0.3 is 19.3 Å². The lowest BCUT2D eigenvalue weighted by molar-refractivity contribution is -0.137. The summed E-state index contributed by atoms with van der Waals surface area (Å²) in [5.41, 5.74) is 1.82. The standard InChI is InChI=1S/C24H35N3O4/c1-4-17-31-20-10-8-19(9-11-20)21-22(26-15-13-25(5-2)14-16-26)24(29)27(23(21)28)12-7-18-30-6-3/h8-11H,4-7,12-18H2,1-3H3. The number of hydrogen-bond acceptors (Lipinski definition) is 6. The first-order valence-electron chi connectivity index (χ1n) is 11.5. The van der Waals surface area contributed by atoms with Crippen LogP contribution in [0.2, 0.25) is 0 Å². The second-order valence-electron chi connectivity index (χ2n) is 7.83. The van der Waals surface area contributed by atoms with Crippen molar-refractivity contribution in [2.45, 2.75) is 33.6 Å². The molecule has 2 heterocycles. The van der Waals surface area contributed by atoms with E-state index in [2.05, 4.69) is 23.6 Å². The minimum absolute atomic E-state index is 0.187. The van der Waals surface area contributed by atoms with Gasteiger partial charge in [0.15, 0.2) is 0 Å². The summed E-state index contributed by atoms with van der Waals surface area (Å²) in [6.07, 6.45) is 1.57. The summed E-state index contributed by atoms with van der Waals surface area (Å²) in [5, 5.41) is 0. The summed E-state index contributed by atoms with van der Waals surface area (Å²) >= 11 is 0. The Kier molecular flexibility index (Phi) is 8.49. The number of carbonyl (C=O) groups is 2. The molecule has 0 bridgehead atoms. The molecule has 0 spiro atoms. The lowest BCUT2D eigenvalue weighted by Gasteiger charge is -2.36. The van der Waals surface area contributed by atoms with E-state index in [1.807, 2.05) is 31.2 Å². The van der Waals surface area contributed by atoms with Crippen molar-refractivity contribution < 1.29 is 19.1 Å². The summed E-state index contributed by atoms with van der Waals surface area (Å²) in [5.74, 6) is 0.374. The molecule has 0 unspecified atom stereocenters. The second-order valence-corrected chi connectivity index (χ2v) is 7.83. The fourth-order valence-corrected chi connectivity index (χ4v) is 4.01. The predicted octanol–water partition coefficient (Wildman–Crippen LogP) is 2.62. The number of imide groups is 1. The molecule has 1 aromatic rings. The maximum Gasteiger partial charge on any atom is 0.277 e. The van der Waals surface area contributed by atoms with Gasteiger partial charge in [-0.1, -0.05) is 26.0 Å². The normalized spacial score (nSPS) is 17.8. The number of likely N-dealkylation sites (N-methyl/N-ethyl adjacent to an activating group) is 1. The summed E-state index contributed by atoms with van der Waals surface area (Å²) in [7, 11) is 0. The maximum atomic E-state index is 13.3. The second kappa shape index (κ2) is 11.3. The minimum atomic E-state index is -0.211. The highest BCUT2D eigenvalue weighted by Crippen LogP contribution is 2.33. The van der Waals surface area contributed by atoms with Crippen molar-refractivity contribution in [1.29, 1.82) is 0 Å². The third kappa shape index (κ3) is 5.46. The number of benzene rings is 1. The van der Waals surface area contributed by atoms with Gasteiger partial charge in [0.25, 0.3) is 11.8 Å². The molecule has 0 aromatic heterocycles. The average Bonchev–Trinajstić information content (AvgIpc) is 3.05. The number of hydrogen-bond donors (Lipinski definition) is 0. The maximum absolute atomic E-state index is 13.3. The highest BCUT2D eigenvalue weighted by atomic mass is 16.5. The first-order valence-corrected chi connectivity index (χ1v) is 11.5. The van der Waals surface area contributed by atoms with Crippen molar-refractivity contribution in [3.05, 3.63) is 35.5 Å². The van der Waals surface area contributed by atoms with Crippen LogP contribution in [-0.2, 0) is 14.3 Å². The molecule has 31 heavy (non-hydrogen) atoms. The minimum Gasteiger partial charge on any atom is -0.494 e. The first-order chi connectivity index (χ1) is 15.1. The molecule has 1 aromatic carbocycles. The van der Waals surface area contributed by atoms with Gasteiger partial charge >= 0.3 is 0 Å². The molecule has 0 aliphatic carbocycles. The van der Waals surface area contributed by atoms with Gasteiger partial charge in [-0.2, -0.15) is 0 Å². The van der Waals surface area contributed by atoms with Gasteiger partial charge in [0.1, 0.15) is 11.4 Å². The lowest BCUT2D eigenvalue weighted by Crippen LogP contribution is -2.47. The van der Waals surface area contributed by atoms with E-state index in [4.69, 9.17) is 9.47 Å². The molecule has 170 valence electrons. The van der Waals surface area contributed by atoms with Crippen LogP contribution in [0.15, 0.2) is 30.0 Å². The Morgan fingerprint density at radius 1 is 0.903 bits per heavy atom. The smallest absolute Gasteiger partial charge is 0.277 e. The van der Waals surface area contributed by atoms with Crippen LogP contribution in [0.3, 0.4) is 0 Å². The number of amides is 2. The fraction of sp³-hybridized carbons (Fsp3) is 0.583. The van der Waals surface area contributed by atoms with E-state index >= 15 is 0 Å². The van der Waals surface area contributed by atoms with Gasteiger partial charge in [-0.15, -0.1) is 0 Å². The van der Waals surface area contributed by atoms with Crippen LogP contribution in [0.25, 0.3) is 5.57 Å². The Balaban J connectivity index is 1.86. The third-order valence-electron chi connectivity index (χ3n) is 5.77. The number of rotatable bonds is 11. The molecule has 0 saturated carbocycles. The molecule has 0 N–H and O–H groups in total. The van der Waals surface area contributed by atoms with Crippen molar-refractivity contribution >= 4 is 17.4 Å². The van der Waals surface area contributed by atoms with E-state index in [1.165, 1.54) is 4.90 Å². The highest BCUT2D eigenvalue weighted by Gasteiger charge is 2.41. The summed E-state index contributed by atoms with van der Waals surface area (Å²) in [6, 6.07) is 7.52. The topological polar surface area (TPSA) is 62.3 Å². The zero-order valence-corrected chi connectivity index (χ0v) is 19.1. The van der Waals surface area contributed by atoms with Crippen LogP contribution in [0, 0.1) is 0 Å². The SMILES string of the molecule is CCCOc1ccc(C2=C(N3CCN(CC)CC3)C(=O)N(CCCOCC)C2=O)cc1. The van der Waals surface area contributed by atoms with E-state index in [1.54, 1.807) is 0 Å². The van der Waals surface area contributed by atoms with E-state index in [0.29, 0.717) is 44.1 Å². The van der Waals surface area contributed by atoms with Gasteiger partial charge in [0, 0.05) is 45.9 Å². The average molecular weight is 430 g/mol. The van der Waals surface area contributed by atoms with Crippen molar-refractivity contribution in [3.8, 4) is 5.75 Å². The molecule has 2 amide bonds. The molecule has 7 nitrogen and oxygen atoms in total. The van der Waals surface area contributed by atoms with Crippen LogP contribution < -0.4 is 4.74 Å².